The molecule has 0 fully saturated rings. The van der Waals surface area contributed by atoms with Gasteiger partial charge in [-0.25, -0.2) is 0 Å². The van der Waals surface area contributed by atoms with E-state index in [1.54, 1.807) is 6.20 Å². The zero-order valence-electron chi connectivity index (χ0n) is 11.8. The van der Waals surface area contributed by atoms with Crippen LogP contribution in [0.1, 0.15) is 5.56 Å². The van der Waals surface area contributed by atoms with Gasteiger partial charge in [-0.15, -0.1) is 0 Å². The molecule has 2 heterocycles. The third kappa shape index (κ3) is 3.08. The Kier molecular flexibility index (Phi) is 4.03. The summed E-state index contributed by atoms with van der Waals surface area (Å²) in [7, 11) is 0. The Labute approximate surface area is 128 Å². The van der Waals surface area contributed by atoms with Crippen LogP contribution < -0.4 is 0 Å². The Morgan fingerprint density at radius 3 is 2.09 bits per heavy atom. The quantitative estimate of drug-likeness (QED) is 0.482. The number of hydrogen-bond donors (Lipinski definition) is 0. The third-order valence-corrected chi connectivity index (χ3v) is 3.23. The van der Waals surface area contributed by atoms with Gasteiger partial charge in [-0.3, -0.25) is 9.97 Å². The minimum Gasteiger partial charge on any atom is -0.256 e. The molecule has 22 heavy (non-hydrogen) atoms. The van der Waals surface area contributed by atoms with Crippen molar-refractivity contribution >= 4 is 21.8 Å². The normalized spacial score (nSPS) is 9.77. The van der Waals surface area contributed by atoms with E-state index in [1.807, 2.05) is 60.8 Å². The van der Waals surface area contributed by atoms with Gasteiger partial charge in [0.2, 0.25) is 0 Å². The Hall–Kier alpha value is -3.25. The van der Waals surface area contributed by atoms with Crippen LogP contribution in [0.5, 0.6) is 0 Å². The van der Waals surface area contributed by atoms with Crippen LogP contribution in [0, 0.1) is 11.3 Å². The van der Waals surface area contributed by atoms with Gasteiger partial charge in [0, 0.05) is 23.2 Å². The zero-order chi connectivity index (χ0) is 15.2. The second kappa shape index (κ2) is 6.47. The highest BCUT2D eigenvalue weighted by Gasteiger charge is 1.94. The molecule has 4 rings (SSSR count). The fourth-order valence-corrected chi connectivity index (χ4v) is 2.15. The second-order valence-electron chi connectivity index (χ2n) is 4.72. The topological polar surface area (TPSA) is 49.6 Å². The lowest BCUT2D eigenvalue weighted by molar-refractivity contribution is 1.37. The van der Waals surface area contributed by atoms with Crippen molar-refractivity contribution in [2.45, 2.75) is 0 Å². The summed E-state index contributed by atoms with van der Waals surface area (Å²) in [6.07, 6.45) is 3.39. The molecule has 0 atom stereocenters. The molecule has 3 heteroatoms. The summed E-state index contributed by atoms with van der Waals surface area (Å²) in [4.78, 5) is 8.31. The maximum Gasteiger partial charge on any atom is 0.101 e. The molecule has 0 bridgehead atoms. The summed E-state index contributed by atoms with van der Waals surface area (Å²) >= 11 is 0. The molecule has 0 saturated heterocycles. The van der Waals surface area contributed by atoms with E-state index >= 15 is 0 Å². The largest absolute Gasteiger partial charge is 0.256 e. The Morgan fingerprint density at radius 2 is 1.36 bits per heavy atom. The van der Waals surface area contributed by atoms with Crippen molar-refractivity contribution in [3.63, 3.8) is 0 Å². The van der Waals surface area contributed by atoms with Gasteiger partial charge in [0.15, 0.2) is 0 Å². The number of hydrogen-bond acceptors (Lipinski definition) is 3. The van der Waals surface area contributed by atoms with Crippen molar-refractivity contribution in [2.24, 2.45) is 0 Å². The van der Waals surface area contributed by atoms with Gasteiger partial charge in [-0.1, -0.05) is 42.5 Å². The number of para-hydroxylation sites is 2. The summed E-state index contributed by atoms with van der Waals surface area (Å²) < 4.78 is 0. The molecule has 2 aromatic heterocycles. The van der Waals surface area contributed by atoms with Gasteiger partial charge in [-0.05, 0) is 24.3 Å². The van der Waals surface area contributed by atoms with Crippen LogP contribution in [0.15, 0.2) is 79.1 Å². The van der Waals surface area contributed by atoms with E-state index in [1.165, 1.54) is 5.39 Å². The first-order valence-electron chi connectivity index (χ1n) is 6.91. The average Bonchev–Trinajstić information content (AvgIpc) is 2.62. The first kappa shape index (κ1) is 13.7. The standard InChI is InChI=1S/C10H6N2.C9H7N/c11-6-8-5-9-3-1-2-4-10(9)12-7-8;1-2-6-9-8(4-1)5-3-7-10-9/h1-5,7H;1-7H. The van der Waals surface area contributed by atoms with Crippen molar-refractivity contribution in [2.75, 3.05) is 0 Å². The van der Waals surface area contributed by atoms with E-state index in [0.717, 1.165) is 16.4 Å². The second-order valence-corrected chi connectivity index (χ2v) is 4.72. The Morgan fingerprint density at radius 1 is 0.727 bits per heavy atom. The van der Waals surface area contributed by atoms with E-state index in [9.17, 15) is 0 Å². The van der Waals surface area contributed by atoms with Crippen LogP contribution in [0.2, 0.25) is 0 Å². The van der Waals surface area contributed by atoms with E-state index in [2.05, 4.69) is 28.2 Å². The van der Waals surface area contributed by atoms with Crippen molar-refractivity contribution < 1.29 is 0 Å². The van der Waals surface area contributed by atoms with Gasteiger partial charge in [-0.2, -0.15) is 5.26 Å². The van der Waals surface area contributed by atoms with Gasteiger partial charge in [0.05, 0.1) is 16.6 Å². The number of pyridine rings is 2. The molecule has 0 saturated carbocycles. The van der Waals surface area contributed by atoms with Crippen molar-refractivity contribution in [3.8, 4) is 6.07 Å². The van der Waals surface area contributed by atoms with Crippen LogP contribution in [-0.2, 0) is 0 Å². The highest BCUT2D eigenvalue weighted by Crippen LogP contribution is 2.11. The number of nitriles is 1. The molecule has 3 nitrogen and oxygen atoms in total. The third-order valence-electron chi connectivity index (χ3n) is 3.23. The van der Waals surface area contributed by atoms with Crippen LogP contribution in [0.3, 0.4) is 0 Å². The first-order chi connectivity index (χ1) is 10.9. The number of benzene rings is 2. The van der Waals surface area contributed by atoms with Crippen LogP contribution in [0.4, 0.5) is 0 Å². The summed E-state index contributed by atoms with van der Waals surface area (Å²) in [6.45, 7) is 0. The lowest BCUT2D eigenvalue weighted by atomic mass is 10.2. The highest BCUT2D eigenvalue weighted by molar-refractivity contribution is 5.79. The smallest absolute Gasteiger partial charge is 0.101 e. The molecule has 0 unspecified atom stereocenters. The first-order valence-corrected chi connectivity index (χ1v) is 6.91. The van der Waals surface area contributed by atoms with Crippen molar-refractivity contribution in [3.05, 3.63) is 84.7 Å². The molecule has 4 aromatic rings. The lowest BCUT2D eigenvalue weighted by Crippen LogP contribution is -1.80. The molecule has 104 valence electrons. The monoisotopic (exact) mass is 283 g/mol. The highest BCUT2D eigenvalue weighted by atomic mass is 14.6. The molecule has 0 aliphatic heterocycles. The minimum absolute atomic E-state index is 0.605. The van der Waals surface area contributed by atoms with Crippen LogP contribution in [0.25, 0.3) is 21.8 Å². The number of aromatic nitrogens is 2. The molecule has 0 N–H and O–H groups in total. The van der Waals surface area contributed by atoms with Gasteiger partial charge in [0.1, 0.15) is 6.07 Å². The Bertz CT molecular complexity index is 889. The fraction of sp³-hybridized carbons (Fsp3) is 0. The number of nitrogens with zero attached hydrogens (tertiary/aromatic N) is 3. The zero-order valence-corrected chi connectivity index (χ0v) is 11.8. The molecule has 0 spiro atoms. The fourth-order valence-electron chi connectivity index (χ4n) is 2.15. The predicted molar refractivity (Wildman–Crippen MR) is 88.2 cm³/mol. The predicted octanol–water partition coefficient (Wildman–Crippen LogP) is 4.34. The van der Waals surface area contributed by atoms with Crippen LogP contribution in [-0.4, -0.2) is 9.97 Å². The number of fused-ring (bicyclic) bond motifs is 2. The number of rotatable bonds is 0. The van der Waals surface area contributed by atoms with Crippen molar-refractivity contribution in [1.82, 2.24) is 9.97 Å². The molecule has 0 aliphatic rings. The van der Waals surface area contributed by atoms with Gasteiger partial charge >= 0.3 is 0 Å². The maximum absolute atomic E-state index is 8.61. The molecule has 2 aromatic carbocycles. The molecule has 0 aliphatic carbocycles. The Balaban J connectivity index is 0.000000133. The maximum atomic E-state index is 8.61. The lowest BCUT2D eigenvalue weighted by Gasteiger charge is -1.94. The molecule has 0 radical (unpaired) electrons. The van der Waals surface area contributed by atoms with E-state index in [-0.39, 0.29) is 0 Å². The summed E-state index contributed by atoms with van der Waals surface area (Å²) in [5.41, 5.74) is 2.59. The van der Waals surface area contributed by atoms with E-state index in [4.69, 9.17) is 5.26 Å². The van der Waals surface area contributed by atoms with Gasteiger partial charge in [0.25, 0.3) is 0 Å². The average molecular weight is 283 g/mol. The van der Waals surface area contributed by atoms with Crippen molar-refractivity contribution in [1.29, 1.82) is 5.26 Å². The minimum atomic E-state index is 0.605. The summed E-state index contributed by atoms with van der Waals surface area (Å²) in [5, 5.41) is 10.8. The van der Waals surface area contributed by atoms with Crippen LogP contribution >= 0.6 is 0 Å². The molecular weight excluding hydrogens is 270 g/mol. The summed E-state index contributed by atoms with van der Waals surface area (Å²) in [6, 6.07) is 23.7. The molecular formula is C19H13N3. The molecule has 0 amide bonds. The summed E-state index contributed by atoms with van der Waals surface area (Å²) in [5.74, 6) is 0. The van der Waals surface area contributed by atoms with E-state index in [0.29, 0.717) is 5.56 Å². The van der Waals surface area contributed by atoms with E-state index < -0.39 is 0 Å². The SMILES string of the molecule is N#Cc1cnc2ccccc2c1.c1ccc2ncccc2c1. The van der Waals surface area contributed by atoms with Gasteiger partial charge < -0.3 is 0 Å².